The van der Waals surface area contributed by atoms with Crippen LogP contribution in [0.5, 0.6) is 0 Å². The minimum atomic E-state index is -0.774. The molecule has 1 aliphatic heterocycles. The topological polar surface area (TPSA) is 95.5 Å². The van der Waals surface area contributed by atoms with Crippen molar-refractivity contribution in [1.29, 1.82) is 0 Å². The number of carbonyl (C=O) groups excluding carboxylic acids is 2. The van der Waals surface area contributed by atoms with Crippen LogP contribution in [0.15, 0.2) is 0 Å². The van der Waals surface area contributed by atoms with E-state index in [0.29, 0.717) is 31.7 Å². The number of rotatable bonds is 9. The largest absolute Gasteiger partial charge is 0.481 e. The molecule has 0 saturated carbocycles. The number of hydrogen-bond donors (Lipinski definition) is 3. The van der Waals surface area contributed by atoms with E-state index in [1.807, 2.05) is 0 Å². The lowest BCUT2D eigenvalue weighted by Gasteiger charge is -2.16. The molecule has 2 amide bonds. The molecule has 0 aromatic rings. The maximum atomic E-state index is 11.8. The van der Waals surface area contributed by atoms with Crippen molar-refractivity contribution < 1.29 is 19.5 Å². The van der Waals surface area contributed by atoms with Crippen molar-refractivity contribution in [3.63, 3.8) is 0 Å². The van der Waals surface area contributed by atoms with Gasteiger partial charge >= 0.3 is 5.97 Å². The second kappa shape index (κ2) is 8.55. The second-order valence-electron chi connectivity index (χ2n) is 5.33. The second-order valence-corrected chi connectivity index (χ2v) is 5.33. The van der Waals surface area contributed by atoms with Crippen molar-refractivity contribution in [1.82, 2.24) is 10.6 Å². The third-order valence-electron chi connectivity index (χ3n) is 3.63. The summed E-state index contributed by atoms with van der Waals surface area (Å²) >= 11 is 0. The fourth-order valence-corrected chi connectivity index (χ4v) is 2.50. The van der Waals surface area contributed by atoms with E-state index in [4.69, 9.17) is 5.11 Å². The lowest BCUT2D eigenvalue weighted by molar-refractivity contribution is -0.137. The minimum absolute atomic E-state index is 0.0736. The van der Waals surface area contributed by atoms with E-state index in [2.05, 4.69) is 17.6 Å². The van der Waals surface area contributed by atoms with Crippen LogP contribution in [-0.2, 0) is 14.4 Å². The summed E-state index contributed by atoms with van der Waals surface area (Å²) in [6.45, 7) is 2.61. The number of aliphatic carboxylic acids is 1. The van der Waals surface area contributed by atoms with Crippen LogP contribution in [0.4, 0.5) is 0 Å². The zero-order chi connectivity index (χ0) is 15.0. The summed E-state index contributed by atoms with van der Waals surface area (Å²) in [7, 11) is 0. The molecule has 114 valence electrons. The maximum absolute atomic E-state index is 11.8. The highest BCUT2D eigenvalue weighted by atomic mass is 16.4. The van der Waals surface area contributed by atoms with Gasteiger partial charge in [0.1, 0.15) is 6.04 Å². The first-order chi connectivity index (χ1) is 9.52. The van der Waals surface area contributed by atoms with Crippen LogP contribution in [0.3, 0.4) is 0 Å². The zero-order valence-electron chi connectivity index (χ0n) is 12.0. The number of carbonyl (C=O) groups is 3. The van der Waals surface area contributed by atoms with Gasteiger partial charge in [0.15, 0.2) is 0 Å². The standard InChI is InChI=1S/C14H24N2O4/c1-2-3-10(4-7-13(18)19)8-9-15-14(20)11-5-6-12(17)16-11/h10-11H,2-9H2,1H3,(H,15,20)(H,16,17)(H,18,19)/t10?,11-/m0/s1. The van der Waals surface area contributed by atoms with Gasteiger partial charge in [-0.15, -0.1) is 0 Å². The summed E-state index contributed by atoms with van der Waals surface area (Å²) in [6, 6.07) is -0.397. The van der Waals surface area contributed by atoms with Crippen molar-refractivity contribution in [3.05, 3.63) is 0 Å². The monoisotopic (exact) mass is 284 g/mol. The average molecular weight is 284 g/mol. The Morgan fingerprint density at radius 3 is 2.70 bits per heavy atom. The molecule has 1 fully saturated rings. The molecule has 1 heterocycles. The fourth-order valence-electron chi connectivity index (χ4n) is 2.50. The molecule has 3 N–H and O–H groups in total. The Morgan fingerprint density at radius 1 is 1.40 bits per heavy atom. The van der Waals surface area contributed by atoms with E-state index in [1.54, 1.807) is 0 Å². The van der Waals surface area contributed by atoms with Gasteiger partial charge in [0.2, 0.25) is 11.8 Å². The lowest BCUT2D eigenvalue weighted by atomic mass is 9.94. The van der Waals surface area contributed by atoms with Crippen molar-refractivity contribution in [2.75, 3.05) is 6.54 Å². The number of carboxylic acid groups (broad SMARTS) is 1. The highest BCUT2D eigenvalue weighted by molar-refractivity contribution is 5.90. The lowest BCUT2D eigenvalue weighted by Crippen LogP contribution is -2.42. The Morgan fingerprint density at radius 2 is 2.15 bits per heavy atom. The Kier molecular flexibility index (Phi) is 7.04. The molecule has 1 aliphatic rings. The van der Waals surface area contributed by atoms with Crippen LogP contribution < -0.4 is 10.6 Å². The van der Waals surface area contributed by atoms with Crippen molar-refractivity contribution in [3.8, 4) is 0 Å². The summed E-state index contributed by atoms with van der Waals surface area (Å²) < 4.78 is 0. The van der Waals surface area contributed by atoms with Crippen LogP contribution in [0, 0.1) is 5.92 Å². The van der Waals surface area contributed by atoms with Crippen LogP contribution in [0.1, 0.15) is 51.9 Å². The molecular formula is C14H24N2O4. The molecule has 2 atom stereocenters. The van der Waals surface area contributed by atoms with Crippen molar-refractivity contribution in [2.24, 2.45) is 5.92 Å². The summed E-state index contributed by atoms with van der Waals surface area (Å²) in [5.41, 5.74) is 0. The Labute approximate surface area is 119 Å². The van der Waals surface area contributed by atoms with E-state index in [1.165, 1.54) is 0 Å². The molecule has 0 radical (unpaired) electrons. The zero-order valence-corrected chi connectivity index (χ0v) is 12.0. The predicted molar refractivity (Wildman–Crippen MR) is 74.1 cm³/mol. The van der Waals surface area contributed by atoms with Gasteiger partial charge in [0, 0.05) is 19.4 Å². The first-order valence-corrected chi connectivity index (χ1v) is 7.31. The molecule has 1 rings (SSSR count). The van der Waals surface area contributed by atoms with Gasteiger partial charge in [-0.1, -0.05) is 19.8 Å². The molecule has 6 heteroatoms. The molecule has 0 aromatic heterocycles. The molecule has 0 aromatic carbocycles. The van der Waals surface area contributed by atoms with E-state index in [-0.39, 0.29) is 18.2 Å². The van der Waals surface area contributed by atoms with Crippen LogP contribution in [0.2, 0.25) is 0 Å². The molecule has 0 spiro atoms. The summed E-state index contributed by atoms with van der Waals surface area (Å²) in [5.74, 6) is -0.654. The van der Waals surface area contributed by atoms with Crippen molar-refractivity contribution in [2.45, 2.75) is 57.9 Å². The number of carboxylic acids is 1. The average Bonchev–Trinajstić information content (AvgIpc) is 2.82. The number of nitrogens with one attached hydrogen (secondary N) is 2. The first-order valence-electron chi connectivity index (χ1n) is 7.31. The molecule has 0 aliphatic carbocycles. The number of amides is 2. The normalized spacial score (nSPS) is 19.4. The van der Waals surface area contributed by atoms with E-state index in [9.17, 15) is 14.4 Å². The molecule has 1 unspecified atom stereocenters. The Balaban J connectivity index is 2.23. The third-order valence-corrected chi connectivity index (χ3v) is 3.63. The van der Waals surface area contributed by atoms with E-state index < -0.39 is 12.0 Å². The minimum Gasteiger partial charge on any atom is -0.481 e. The molecule has 0 bridgehead atoms. The summed E-state index contributed by atoms with van der Waals surface area (Å²) in [6.07, 6.45) is 4.57. The van der Waals surface area contributed by atoms with Crippen LogP contribution in [-0.4, -0.2) is 35.5 Å². The molecule has 6 nitrogen and oxygen atoms in total. The molecule has 20 heavy (non-hydrogen) atoms. The highest BCUT2D eigenvalue weighted by Crippen LogP contribution is 2.17. The van der Waals surface area contributed by atoms with Gasteiger partial charge in [0.05, 0.1) is 0 Å². The third kappa shape index (κ3) is 6.04. The highest BCUT2D eigenvalue weighted by Gasteiger charge is 2.26. The van der Waals surface area contributed by atoms with E-state index >= 15 is 0 Å². The molecular weight excluding hydrogens is 260 g/mol. The van der Waals surface area contributed by atoms with Gasteiger partial charge in [-0.25, -0.2) is 0 Å². The fraction of sp³-hybridized carbons (Fsp3) is 0.786. The Hall–Kier alpha value is -1.59. The SMILES string of the molecule is CCCC(CCNC(=O)[C@@H]1CCC(=O)N1)CCC(=O)O. The van der Waals surface area contributed by atoms with Gasteiger partial charge in [0.25, 0.3) is 0 Å². The maximum Gasteiger partial charge on any atom is 0.303 e. The summed E-state index contributed by atoms with van der Waals surface area (Å²) in [4.78, 5) is 33.4. The quantitative estimate of drug-likeness (QED) is 0.590. The van der Waals surface area contributed by atoms with E-state index in [0.717, 1.165) is 19.3 Å². The first kappa shape index (κ1) is 16.5. The smallest absolute Gasteiger partial charge is 0.303 e. The number of hydrogen-bond acceptors (Lipinski definition) is 3. The van der Waals surface area contributed by atoms with Gasteiger partial charge < -0.3 is 15.7 Å². The van der Waals surface area contributed by atoms with Crippen molar-refractivity contribution >= 4 is 17.8 Å². The predicted octanol–water partition coefficient (Wildman–Crippen LogP) is 1.05. The summed E-state index contributed by atoms with van der Waals surface area (Å²) in [5, 5.41) is 14.2. The van der Waals surface area contributed by atoms with Crippen LogP contribution >= 0.6 is 0 Å². The van der Waals surface area contributed by atoms with Gasteiger partial charge in [-0.3, -0.25) is 14.4 Å². The Bertz CT molecular complexity index is 357. The van der Waals surface area contributed by atoms with Gasteiger partial charge in [-0.05, 0) is 25.2 Å². The van der Waals surface area contributed by atoms with Crippen LogP contribution in [0.25, 0.3) is 0 Å². The van der Waals surface area contributed by atoms with Gasteiger partial charge in [-0.2, -0.15) is 0 Å². The molecule has 1 saturated heterocycles.